The Kier molecular flexibility index (Phi) is 5.23. The quantitative estimate of drug-likeness (QED) is 0.868. The lowest BCUT2D eigenvalue weighted by molar-refractivity contribution is -0.123. The average molecular weight is 337 g/mol. The highest BCUT2D eigenvalue weighted by Crippen LogP contribution is 2.15. The Morgan fingerprint density at radius 3 is 2.25 bits per heavy atom. The molecule has 4 nitrogen and oxygen atoms in total. The molecule has 24 heavy (non-hydrogen) atoms. The molecule has 126 valence electrons. The molecule has 0 heterocycles. The van der Waals surface area contributed by atoms with E-state index in [4.69, 9.17) is 4.74 Å². The summed E-state index contributed by atoms with van der Waals surface area (Å²) in [6.07, 6.45) is -1.24. The summed E-state index contributed by atoms with van der Waals surface area (Å²) >= 11 is 0. The predicted octanol–water partition coefficient (Wildman–Crippen LogP) is 3.60. The smallest absolute Gasteiger partial charge is 0.339 e. The van der Waals surface area contributed by atoms with Crippen LogP contribution in [0, 0.1) is 24.4 Å². The fourth-order valence-corrected chi connectivity index (χ4v) is 1.87. The first kappa shape index (κ1) is 17.5. The third-order valence-corrected chi connectivity index (χ3v) is 3.19. The van der Waals surface area contributed by atoms with Gasteiger partial charge in [0.05, 0.1) is 5.56 Å². The number of nitrogens with one attached hydrogen (secondary N) is 1. The van der Waals surface area contributed by atoms with Crippen molar-refractivity contribution < 1.29 is 27.5 Å². The van der Waals surface area contributed by atoms with Gasteiger partial charge < -0.3 is 10.1 Å². The molecular formula is C17H14F3NO3. The molecule has 0 aliphatic carbocycles. The van der Waals surface area contributed by atoms with Gasteiger partial charge in [-0.1, -0.05) is 6.07 Å². The summed E-state index contributed by atoms with van der Waals surface area (Å²) in [5, 5.41) is 2.39. The number of halogens is 3. The van der Waals surface area contributed by atoms with Crippen LogP contribution in [-0.2, 0) is 9.53 Å². The summed E-state index contributed by atoms with van der Waals surface area (Å²) in [4.78, 5) is 23.8. The first-order valence-corrected chi connectivity index (χ1v) is 7.00. The lowest BCUT2D eigenvalue weighted by Crippen LogP contribution is -2.30. The van der Waals surface area contributed by atoms with Crippen molar-refractivity contribution in [2.45, 2.75) is 20.0 Å². The number of carbonyl (C=O) groups excluding carboxylic acids is 2. The van der Waals surface area contributed by atoms with Crippen molar-refractivity contribution in [3.63, 3.8) is 0 Å². The molecule has 0 aromatic heterocycles. The molecule has 0 aliphatic heterocycles. The average Bonchev–Trinajstić information content (AvgIpc) is 2.49. The second-order valence-corrected chi connectivity index (χ2v) is 5.16. The Bertz CT molecular complexity index is 772. The van der Waals surface area contributed by atoms with E-state index in [1.165, 1.54) is 19.1 Å². The summed E-state index contributed by atoms with van der Waals surface area (Å²) in [7, 11) is 0. The number of rotatable bonds is 4. The van der Waals surface area contributed by atoms with Gasteiger partial charge >= 0.3 is 5.97 Å². The highest BCUT2D eigenvalue weighted by molar-refractivity contribution is 5.97. The molecule has 1 atom stereocenters. The molecule has 0 saturated heterocycles. The first-order chi connectivity index (χ1) is 11.3. The zero-order chi connectivity index (χ0) is 17.9. The number of anilines is 1. The Morgan fingerprint density at radius 2 is 1.67 bits per heavy atom. The molecule has 1 amide bonds. The lowest BCUT2D eigenvalue weighted by atomic mass is 10.2. The number of aryl methyl sites for hydroxylation is 1. The van der Waals surface area contributed by atoms with Crippen LogP contribution in [0.2, 0.25) is 0 Å². The van der Waals surface area contributed by atoms with E-state index in [-0.39, 0.29) is 11.3 Å². The first-order valence-electron chi connectivity index (χ1n) is 7.00. The highest BCUT2D eigenvalue weighted by Gasteiger charge is 2.20. The predicted molar refractivity (Wildman–Crippen MR) is 81.0 cm³/mol. The summed E-state index contributed by atoms with van der Waals surface area (Å²) < 4.78 is 44.4. The molecule has 0 spiro atoms. The number of amides is 1. The molecule has 0 bridgehead atoms. The largest absolute Gasteiger partial charge is 0.449 e. The summed E-state index contributed by atoms with van der Waals surface area (Å²) in [5.74, 6) is -4.12. The number of benzene rings is 2. The topological polar surface area (TPSA) is 55.4 Å². The van der Waals surface area contributed by atoms with Crippen LogP contribution in [0.15, 0.2) is 36.4 Å². The fourth-order valence-electron chi connectivity index (χ4n) is 1.87. The van der Waals surface area contributed by atoms with Crippen molar-refractivity contribution >= 4 is 17.6 Å². The third kappa shape index (κ3) is 4.34. The maximum Gasteiger partial charge on any atom is 0.339 e. The highest BCUT2D eigenvalue weighted by atomic mass is 19.1. The van der Waals surface area contributed by atoms with Crippen LogP contribution < -0.4 is 5.32 Å². The van der Waals surface area contributed by atoms with Gasteiger partial charge in [-0.15, -0.1) is 0 Å². The van der Waals surface area contributed by atoms with Gasteiger partial charge in [0.2, 0.25) is 0 Å². The minimum Gasteiger partial charge on any atom is -0.449 e. The lowest BCUT2D eigenvalue weighted by Gasteiger charge is -2.14. The van der Waals surface area contributed by atoms with E-state index >= 15 is 0 Å². The SMILES string of the molecule is Cc1ccc(NC(=O)[C@H](C)OC(=O)c2cc(F)cc(F)c2)cc1F. The molecule has 0 aliphatic rings. The van der Waals surface area contributed by atoms with Gasteiger partial charge in [0, 0.05) is 11.8 Å². The van der Waals surface area contributed by atoms with Gasteiger partial charge in [-0.25, -0.2) is 18.0 Å². The molecule has 1 N–H and O–H groups in total. The molecule has 2 rings (SSSR count). The molecule has 0 fully saturated rings. The minimum atomic E-state index is -1.24. The van der Waals surface area contributed by atoms with Crippen LogP contribution >= 0.6 is 0 Å². The number of hydrogen-bond acceptors (Lipinski definition) is 3. The zero-order valence-corrected chi connectivity index (χ0v) is 12.9. The maximum absolute atomic E-state index is 13.4. The maximum atomic E-state index is 13.4. The van der Waals surface area contributed by atoms with E-state index in [2.05, 4.69) is 5.32 Å². The van der Waals surface area contributed by atoms with Crippen molar-refractivity contribution in [1.29, 1.82) is 0 Å². The third-order valence-electron chi connectivity index (χ3n) is 3.19. The van der Waals surface area contributed by atoms with Crippen LogP contribution in [-0.4, -0.2) is 18.0 Å². The van der Waals surface area contributed by atoms with Crippen LogP contribution in [0.25, 0.3) is 0 Å². The van der Waals surface area contributed by atoms with E-state index in [0.717, 1.165) is 18.2 Å². The van der Waals surface area contributed by atoms with E-state index in [1.54, 1.807) is 6.92 Å². The van der Waals surface area contributed by atoms with Gasteiger partial charge in [0.15, 0.2) is 6.10 Å². The Hall–Kier alpha value is -2.83. The number of esters is 1. The van der Waals surface area contributed by atoms with Gasteiger partial charge in [-0.2, -0.15) is 0 Å². The standard InChI is InChI=1S/C17H14F3NO3/c1-9-3-4-14(8-15(9)20)21-16(22)10(2)24-17(23)11-5-12(18)7-13(19)6-11/h3-8,10H,1-2H3,(H,21,22)/t10-/m0/s1. The summed E-state index contributed by atoms with van der Waals surface area (Å²) in [5.41, 5.74) is 0.261. The molecular weight excluding hydrogens is 323 g/mol. The summed E-state index contributed by atoms with van der Waals surface area (Å²) in [6, 6.07) is 6.31. The van der Waals surface area contributed by atoms with Crippen LogP contribution in [0.4, 0.5) is 18.9 Å². The van der Waals surface area contributed by atoms with E-state index < -0.39 is 35.4 Å². The van der Waals surface area contributed by atoms with Gasteiger partial charge in [0.25, 0.3) is 5.91 Å². The zero-order valence-electron chi connectivity index (χ0n) is 12.9. The molecule has 2 aromatic rings. The Labute approximate surface area is 136 Å². The van der Waals surface area contributed by atoms with Crippen molar-refractivity contribution in [2.24, 2.45) is 0 Å². The van der Waals surface area contributed by atoms with Gasteiger partial charge in [0.1, 0.15) is 17.5 Å². The molecule has 2 aromatic carbocycles. The molecule has 0 radical (unpaired) electrons. The van der Waals surface area contributed by atoms with Crippen molar-refractivity contribution in [3.05, 3.63) is 65.0 Å². The van der Waals surface area contributed by atoms with Crippen molar-refractivity contribution in [2.75, 3.05) is 5.32 Å². The van der Waals surface area contributed by atoms with Crippen molar-refractivity contribution in [1.82, 2.24) is 0 Å². The van der Waals surface area contributed by atoms with Gasteiger partial charge in [-0.05, 0) is 43.7 Å². The van der Waals surface area contributed by atoms with E-state index in [0.29, 0.717) is 11.6 Å². The Balaban J connectivity index is 2.02. The van der Waals surface area contributed by atoms with Crippen molar-refractivity contribution in [3.8, 4) is 0 Å². The Morgan fingerprint density at radius 1 is 1.04 bits per heavy atom. The van der Waals surface area contributed by atoms with E-state index in [9.17, 15) is 22.8 Å². The second-order valence-electron chi connectivity index (χ2n) is 5.16. The minimum absolute atomic E-state index is 0.197. The van der Waals surface area contributed by atoms with Gasteiger partial charge in [-0.3, -0.25) is 4.79 Å². The van der Waals surface area contributed by atoms with Crippen LogP contribution in [0.3, 0.4) is 0 Å². The molecule has 7 heteroatoms. The normalized spacial score (nSPS) is 11.7. The fraction of sp³-hybridized carbons (Fsp3) is 0.176. The van der Waals surface area contributed by atoms with Crippen LogP contribution in [0.1, 0.15) is 22.8 Å². The van der Waals surface area contributed by atoms with Crippen LogP contribution in [0.5, 0.6) is 0 Å². The second kappa shape index (κ2) is 7.16. The number of hydrogen-bond donors (Lipinski definition) is 1. The number of ether oxygens (including phenoxy) is 1. The molecule has 0 unspecified atom stereocenters. The number of carbonyl (C=O) groups is 2. The molecule has 0 saturated carbocycles. The summed E-state index contributed by atoms with van der Waals surface area (Å²) in [6.45, 7) is 2.86. The monoisotopic (exact) mass is 337 g/mol. The van der Waals surface area contributed by atoms with E-state index in [1.807, 2.05) is 0 Å².